The maximum Gasteiger partial charge on any atom is 0.317 e. The summed E-state index contributed by atoms with van der Waals surface area (Å²) in [5.74, 6) is -0.186. The molecule has 0 aliphatic carbocycles. The van der Waals surface area contributed by atoms with Gasteiger partial charge in [0.1, 0.15) is 12.1 Å². The number of anilines is 1. The average Bonchev–Trinajstić information content (AvgIpc) is 2.95. The van der Waals surface area contributed by atoms with Crippen LogP contribution in [0.15, 0.2) is 30.3 Å². The summed E-state index contributed by atoms with van der Waals surface area (Å²) < 4.78 is 0. The fourth-order valence-electron chi connectivity index (χ4n) is 4.21. The molecule has 0 bridgehead atoms. The lowest BCUT2D eigenvalue weighted by molar-refractivity contribution is -0.137. The Bertz CT molecular complexity index is 744. The van der Waals surface area contributed by atoms with E-state index in [0.29, 0.717) is 39.1 Å². The summed E-state index contributed by atoms with van der Waals surface area (Å²) in [6, 6.07) is 9.76. The van der Waals surface area contributed by atoms with Gasteiger partial charge in [-0.2, -0.15) is 0 Å². The van der Waals surface area contributed by atoms with Gasteiger partial charge in [-0.25, -0.2) is 4.79 Å². The largest absolute Gasteiger partial charge is 0.352 e. The van der Waals surface area contributed by atoms with E-state index < -0.39 is 5.54 Å². The number of carbonyl (C=O) groups is 3. The molecule has 0 saturated carbocycles. The van der Waals surface area contributed by atoms with Gasteiger partial charge >= 0.3 is 6.03 Å². The van der Waals surface area contributed by atoms with Crippen molar-refractivity contribution >= 4 is 23.5 Å². The molecule has 4 amide bonds. The van der Waals surface area contributed by atoms with Crippen molar-refractivity contribution in [3.63, 3.8) is 0 Å². The Kier molecular flexibility index (Phi) is 6.30. The highest BCUT2D eigenvalue weighted by molar-refractivity contribution is 5.96. The molecule has 0 aromatic heterocycles. The van der Waals surface area contributed by atoms with E-state index in [1.54, 1.807) is 9.80 Å². The Labute approximate surface area is 172 Å². The Balaban J connectivity index is 1.81. The van der Waals surface area contributed by atoms with Gasteiger partial charge in [0.25, 0.3) is 5.91 Å². The maximum atomic E-state index is 13.5. The van der Waals surface area contributed by atoms with Crippen molar-refractivity contribution in [1.29, 1.82) is 0 Å². The van der Waals surface area contributed by atoms with E-state index in [0.717, 1.165) is 5.69 Å². The number of nitrogens with zero attached hydrogens (tertiary/aromatic N) is 3. The molecule has 1 spiro atoms. The highest BCUT2D eigenvalue weighted by Gasteiger charge is 2.54. The molecule has 2 saturated heterocycles. The molecule has 0 atom stereocenters. The summed E-state index contributed by atoms with van der Waals surface area (Å²) in [4.78, 5) is 43.5. The number of para-hydroxylation sites is 1. The Morgan fingerprint density at radius 1 is 1.14 bits per heavy atom. The Morgan fingerprint density at radius 2 is 1.79 bits per heavy atom. The van der Waals surface area contributed by atoms with Crippen molar-refractivity contribution < 1.29 is 14.4 Å². The summed E-state index contributed by atoms with van der Waals surface area (Å²) in [5.41, 5.74) is 0.238. The van der Waals surface area contributed by atoms with Crippen LogP contribution in [-0.2, 0) is 9.59 Å². The number of benzene rings is 1. The van der Waals surface area contributed by atoms with Crippen LogP contribution in [0.2, 0.25) is 0 Å². The zero-order valence-electron chi connectivity index (χ0n) is 17.5. The number of hydrogen-bond donors (Lipinski definition) is 2. The third-order valence-corrected chi connectivity index (χ3v) is 5.57. The third-order valence-electron chi connectivity index (χ3n) is 5.57. The molecule has 0 unspecified atom stereocenters. The smallest absolute Gasteiger partial charge is 0.317 e. The lowest BCUT2D eigenvalue weighted by Crippen LogP contribution is -2.58. The third kappa shape index (κ3) is 4.31. The summed E-state index contributed by atoms with van der Waals surface area (Å²) in [5, 5.41) is 5.69. The number of piperidine rings is 1. The number of nitrogens with one attached hydrogen (secondary N) is 2. The predicted molar refractivity (Wildman–Crippen MR) is 111 cm³/mol. The van der Waals surface area contributed by atoms with E-state index in [9.17, 15) is 14.4 Å². The molecule has 29 heavy (non-hydrogen) atoms. The second-order valence-corrected chi connectivity index (χ2v) is 7.98. The van der Waals surface area contributed by atoms with E-state index >= 15 is 0 Å². The number of hydrogen-bond acceptors (Lipinski definition) is 4. The van der Waals surface area contributed by atoms with Gasteiger partial charge in [-0.15, -0.1) is 0 Å². The second-order valence-electron chi connectivity index (χ2n) is 7.98. The quantitative estimate of drug-likeness (QED) is 0.781. The lowest BCUT2D eigenvalue weighted by atomic mass is 9.85. The molecule has 2 aliphatic rings. The molecule has 158 valence electrons. The topological polar surface area (TPSA) is 85.0 Å². The first-order valence-electron chi connectivity index (χ1n) is 10.3. The first-order valence-corrected chi connectivity index (χ1v) is 10.3. The molecule has 2 fully saturated rings. The number of amides is 4. The predicted octanol–water partition coefficient (Wildman–Crippen LogP) is 1.38. The number of rotatable bonds is 5. The summed E-state index contributed by atoms with van der Waals surface area (Å²) in [7, 11) is 0. The fourth-order valence-corrected chi connectivity index (χ4v) is 4.21. The number of urea groups is 1. The minimum Gasteiger partial charge on any atom is -0.352 e. The van der Waals surface area contributed by atoms with Crippen molar-refractivity contribution in [1.82, 2.24) is 20.4 Å². The summed E-state index contributed by atoms with van der Waals surface area (Å²) in [6.07, 6.45) is 1.08. The number of carbonyl (C=O) groups excluding carboxylic acids is 3. The highest BCUT2D eigenvalue weighted by atomic mass is 16.2. The first kappa shape index (κ1) is 21.0. The monoisotopic (exact) mass is 401 g/mol. The van der Waals surface area contributed by atoms with Crippen LogP contribution in [0.3, 0.4) is 0 Å². The van der Waals surface area contributed by atoms with Crippen LogP contribution in [-0.4, -0.2) is 72.1 Å². The Hall–Kier alpha value is -2.77. The van der Waals surface area contributed by atoms with Crippen molar-refractivity contribution in [3.8, 4) is 0 Å². The summed E-state index contributed by atoms with van der Waals surface area (Å²) in [6.45, 7) is 7.70. The Morgan fingerprint density at radius 3 is 2.38 bits per heavy atom. The standard InChI is InChI=1S/C21H31N5O3/c1-4-22-20(29)24-12-10-21(11-13-24)19(28)25(14-18(27)23-16(2)3)15-26(21)17-8-6-5-7-9-17/h5-9,16H,4,10-15H2,1-3H3,(H,22,29)(H,23,27). The molecule has 1 aromatic carbocycles. The van der Waals surface area contributed by atoms with Crippen LogP contribution < -0.4 is 15.5 Å². The molecule has 2 aliphatic heterocycles. The van der Waals surface area contributed by atoms with E-state index in [4.69, 9.17) is 0 Å². The maximum absolute atomic E-state index is 13.5. The molecule has 2 heterocycles. The van der Waals surface area contributed by atoms with E-state index in [1.807, 2.05) is 51.1 Å². The minimum absolute atomic E-state index is 0.0275. The van der Waals surface area contributed by atoms with Gasteiger partial charge < -0.3 is 25.3 Å². The van der Waals surface area contributed by atoms with Crippen molar-refractivity contribution in [2.75, 3.05) is 37.7 Å². The number of likely N-dealkylation sites (tertiary alicyclic amines) is 1. The SMILES string of the molecule is CCNC(=O)N1CCC2(CC1)C(=O)N(CC(=O)NC(C)C)CN2c1ccccc1. The second kappa shape index (κ2) is 8.71. The van der Waals surface area contributed by atoms with Gasteiger partial charge in [0.05, 0.1) is 6.67 Å². The van der Waals surface area contributed by atoms with Crippen LogP contribution >= 0.6 is 0 Å². The van der Waals surface area contributed by atoms with Crippen molar-refractivity contribution in [3.05, 3.63) is 30.3 Å². The van der Waals surface area contributed by atoms with Crippen molar-refractivity contribution in [2.24, 2.45) is 0 Å². The molecule has 2 N–H and O–H groups in total. The van der Waals surface area contributed by atoms with E-state index in [2.05, 4.69) is 15.5 Å². The van der Waals surface area contributed by atoms with Crippen LogP contribution in [0.1, 0.15) is 33.6 Å². The van der Waals surface area contributed by atoms with Crippen molar-refractivity contribution in [2.45, 2.75) is 45.2 Å². The van der Waals surface area contributed by atoms with Gasteiger partial charge in [-0.1, -0.05) is 18.2 Å². The zero-order valence-corrected chi connectivity index (χ0v) is 17.5. The first-order chi connectivity index (χ1) is 13.9. The van der Waals surface area contributed by atoms with Gasteiger partial charge in [-0.05, 0) is 45.7 Å². The molecule has 3 rings (SSSR count). The van der Waals surface area contributed by atoms with E-state index in [-0.39, 0.29) is 30.4 Å². The molecular weight excluding hydrogens is 370 g/mol. The van der Waals surface area contributed by atoms with Crippen LogP contribution in [0.5, 0.6) is 0 Å². The minimum atomic E-state index is -0.720. The summed E-state index contributed by atoms with van der Waals surface area (Å²) >= 11 is 0. The average molecular weight is 402 g/mol. The molecule has 0 radical (unpaired) electrons. The molecular formula is C21H31N5O3. The van der Waals surface area contributed by atoms with Gasteiger partial charge in [-0.3, -0.25) is 9.59 Å². The molecule has 1 aromatic rings. The van der Waals surface area contributed by atoms with Gasteiger partial charge in [0.15, 0.2) is 0 Å². The van der Waals surface area contributed by atoms with Gasteiger partial charge in [0, 0.05) is 31.4 Å². The highest BCUT2D eigenvalue weighted by Crippen LogP contribution is 2.39. The van der Waals surface area contributed by atoms with E-state index in [1.165, 1.54) is 0 Å². The van der Waals surface area contributed by atoms with Crippen LogP contribution in [0, 0.1) is 0 Å². The van der Waals surface area contributed by atoms with Gasteiger partial charge in [0.2, 0.25) is 5.91 Å². The molecule has 8 nitrogen and oxygen atoms in total. The fraction of sp³-hybridized carbons (Fsp3) is 0.571. The molecule has 8 heteroatoms. The van der Waals surface area contributed by atoms with Crippen LogP contribution in [0.4, 0.5) is 10.5 Å². The van der Waals surface area contributed by atoms with Crippen LogP contribution in [0.25, 0.3) is 0 Å². The lowest BCUT2D eigenvalue weighted by Gasteiger charge is -2.43. The normalized spacial score (nSPS) is 18.5. The zero-order chi connectivity index (χ0) is 21.0.